The fraction of sp³-hybridized carbons (Fsp3) is 0.115. The van der Waals surface area contributed by atoms with Gasteiger partial charge in [-0.25, -0.2) is 4.98 Å². The first-order valence-electron chi connectivity index (χ1n) is 9.94. The van der Waals surface area contributed by atoms with Crippen molar-refractivity contribution in [2.75, 3.05) is 18.5 Å². The standard InChI is InChI=1S/C26H24N2O2/c1-28(14-13-19-7-3-2-4-8-19)26-18-22(20-9-5-11-23(29)15-20)17-25(27-26)21-10-6-12-24(30)16-21/h2-12,15-18,29-30H,13-14H2,1H3. The van der Waals surface area contributed by atoms with Gasteiger partial charge < -0.3 is 15.1 Å². The molecule has 0 bridgehead atoms. The molecule has 0 saturated carbocycles. The second kappa shape index (κ2) is 8.70. The highest BCUT2D eigenvalue weighted by molar-refractivity contribution is 5.75. The van der Waals surface area contributed by atoms with Crippen LogP contribution in [0, 0.1) is 0 Å². The molecule has 4 aromatic rings. The Morgan fingerprint density at radius 2 is 1.37 bits per heavy atom. The Labute approximate surface area is 176 Å². The van der Waals surface area contributed by atoms with E-state index in [-0.39, 0.29) is 11.5 Å². The van der Waals surface area contributed by atoms with Gasteiger partial charge in [-0.15, -0.1) is 0 Å². The Balaban J connectivity index is 1.71. The summed E-state index contributed by atoms with van der Waals surface area (Å²) in [5.74, 6) is 1.27. The fourth-order valence-electron chi connectivity index (χ4n) is 3.43. The summed E-state index contributed by atoms with van der Waals surface area (Å²) in [5, 5.41) is 19.8. The molecule has 0 unspecified atom stereocenters. The van der Waals surface area contributed by atoms with Crippen LogP contribution in [0.2, 0.25) is 0 Å². The van der Waals surface area contributed by atoms with Crippen molar-refractivity contribution in [1.82, 2.24) is 4.98 Å². The van der Waals surface area contributed by atoms with Crippen LogP contribution in [0.5, 0.6) is 11.5 Å². The van der Waals surface area contributed by atoms with Crippen LogP contribution in [0.3, 0.4) is 0 Å². The molecule has 0 aliphatic rings. The fourth-order valence-corrected chi connectivity index (χ4v) is 3.43. The van der Waals surface area contributed by atoms with Crippen LogP contribution in [-0.2, 0) is 6.42 Å². The number of benzene rings is 3. The van der Waals surface area contributed by atoms with Crippen molar-refractivity contribution < 1.29 is 10.2 Å². The number of anilines is 1. The van der Waals surface area contributed by atoms with Crippen molar-refractivity contribution in [3.8, 4) is 33.9 Å². The number of pyridine rings is 1. The minimum atomic E-state index is 0.205. The molecule has 1 aromatic heterocycles. The van der Waals surface area contributed by atoms with Crippen molar-refractivity contribution in [1.29, 1.82) is 0 Å². The Hall–Kier alpha value is -3.79. The highest BCUT2D eigenvalue weighted by atomic mass is 16.3. The van der Waals surface area contributed by atoms with Crippen LogP contribution in [0.25, 0.3) is 22.4 Å². The summed E-state index contributed by atoms with van der Waals surface area (Å²) in [5.41, 5.74) is 4.77. The maximum Gasteiger partial charge on any atom is 0.129 e. The average molecular weight is 396 g/mol. The summed E-state index contributed by atoms with van der Waals surface area (Å²) in [4.78, 5) is 6.99. The zero-order valence-electron chi connectivity index (χ0n) is 16.9. The topological polar surface area (TPSA) is 56.6 Å². The first-order valence-corrected chi connectivity index (χ1v) is 9.94. The third-order valence-electron chi connectivity index (χ3n) is 5.10. The summed E-state index contributed by atoms with van der Waals surface area (Å²) in [6.07, 6.45) is 0.914. The Bertz CT molecular complexity index is 1080. The van der Waals surface area contributed by atoms with Gasteiger partial charge in [-0.3, -0.25) is 0 Å². The van der Waals surface area contributed by atoms with Crippen LogP contribution in [0.15, 0.2) is 91.0 Å². The largest absolute Gasteiger partial charge is 0.508 e. The predicted molar refractivity (Wildman–Crippen MR) is 122 cm³/mol. The monoisotopic (exact) mass is 396 g/mol. The number of aromatic nitrogens is 1. The highest BCUT2D eigenvalue weighted by Crippen LogP contribution is 2.31. The van der Waals surface area contributed by atoms with Gasteiger partial charge in [0.25, 0.3) is 0 Å². The quantitative estimate of drug-likeness (QED) is 0.451. The average Bonchev–Trinajstić information content (AvgIpc) is 2.78. The normalized spacial score (nSPS) is 10.7. The number of phenolic OH excluding ortho intramolecular Hbond substituents is 2. The molecule has 0 saturated heterocycles. The van der Waals surface area contributed by atoms with E-state index in [1.807, 2.05) is 49.5 Å². The number of nitrogens with zero attached hydrogens (tertiary/aromatic N) is 2. The van der Waals surface area contributed by atoms with Gasteiger partial charge in [-0.2, -0.15) is 0 Å². The molecule has 0 spiro atoms. The summed E-state index contributed by atoms with van der Waals surface area (Å²) < 4.78 is 0. The lowest BCUT2D eigenvalue weighted by molar-refractivity contribution is 0.475. The maximum absolute atomic E-state index is 9.93. The number of aromatic hydroxyl groups is 2. The molecule has 4 rings (SSSR count). The van der Waals surface area contributed by atoms with E-state index in [9.17, 15) is 10.2 Å². The molecule has 0 radical (unpaired) electrons. The first kappa shape index (κ1) is 19.5. The number of hydrogen-bond acceptors (Lipinski definition) is 4. The first-order chi connectivity index (χ1) is 14.6. The summed E-state index contributed by atoms with van der Waals surface area (Å²) in [7, 11) is 2.03. The molecule has 2 N–H and O–H groups in total. The van der Waals surface area contributed by atoms with E-state index in [0.29, 0.717) is 0 Å². The van der Waals surface area contributed by atoms with Crippen LogP contribution in [0.4, 0.5) is 5.82 Å². The Morgan fingerprint density at radius 3 is 2.07 bits per heavy atom. The van der Waals surface area contributed by atoms with Gasteiger partial charge in [0.1, 0.15) is 17.3 Å². The van der Waals surface area contributed by atoms with E-state index in [4.69, 9.17) is 4.98 Å². The molecule has 150 valence electrons. The van der Waals surface area contributed by atoms with Gasteiger partial charge in [0.15, 0.2) is 0 Å². The summed E-state index contributed by atoms with van der Waals surface area (Å²) >= 11 is 0. The number of hydrogen-bond donors (Lipinski definition) is 2. The molecule has 0 amide bonds. The van der Waals surface area contributed by atoms with Crippen molar-refractivity contribution in [3.05, 3.63) is 96.6 Å². The highest BCUT2D eigenvalue weighted by Gasteiger charge is 2.11. The Kier molecular flexibility index (Phi) is 5.66. The number of rotatable bonds is 6. The Morgan fingerprint density at radius 1 is 0.700 bits per heavy atom. The van der Waals surface area contributed by atoms with Crippen molar-refractivity contribution in [2.45, 2.75) is 6.42 Å². The van der Waals surface area contributed by atoms with Gasteiger partial charge in [0.05, 0.1) is 5.69 Å². The molecule has 0 aliphatic carbocycles. The zero-order valence-corrected chi connectivity index (χ0v) is 16.9. The maximum atomic E-state index is 9.93. The van der Waals surface area contributed by atoms with Crippen LogP contribution < -0.4 is 4.90 Å². The predicted octanol–water partition coefficient (Wildman–Crippen LogP) is 5.51. The van der Waals surface area contributed by atoms with E-state index in [0.717, 1.165) is 41.2 Å². The minimum Gasteiger partial charge on any atom is -0.508 e. The van der Waals surface area contributed by atoms with Gasteiger partial charge >= 0.3 is 0 Å². The van der Waals surface area contributed by atoms with Crippen molar-refractivity contribution >= 4 is 5.82 Å². The molecule has 3 aromatic carbocycles. The smallest absolute Gasteiger partial charge is 0.129 e. The lowest BCUT2D eigenvalue weighted by Gasteiger charge is -2.20. The zero-order chi connectivity index (χ0) is 20.9. The molecule has 0 atom stereocenters. The van der Waals surface area contributed by atoms with Crippen molar-refractivity contribution in [3.63, 3.8) is 0 Å². The van der Waals surface area contributed by atoms with E-state index in [1.165, 1.54) is 5.56 Å². The van der Waals surface area contributed by atoms with E-state index < -0.39 is 0 Å². The lowest BCUT2D eigenvalue weighted by atomic mass is 10.0. The molecule has 0 fully saturated rings. The lowest BCUT2D eigenvalue weighted by Crippen LogP contribution is -2.21. The number of phenols is 2. The second-order valence-electron chi connectivity index (χ2n) is 7.36. The van der Waals surface area contributed by atoms with Gasteiger partial charge in [0.2, 0.25) is 0 Å². The molecule has 4 heteroatoms. The van der Waals surface area contributed by atoms with Gasteiger partial charge in [0, 0.05) is 19.2 Å². The van der Waals surface area contributed by atoms with Crippen molar-refractivity contribution in [2.24, 2.45) is 0 Å². The summed E-state index contributed by atoms with van der Waals surface area (Å²) in [6, 6.07) is 28.7. The number of likely N-dealkylation sites (N-methyl/N-ethyl adjacent to an activating group) is 1. The van der Waals surface area contributed by atoms with Crippen LogP contribution >= 0.6 is 0 Å². The van der Waals surface area contributed by atoms with Crippen LogP contribution in [-0.4, -0.2) is 28.8 Å². The van der Waals surface area contributed by atoms with Gasteiger partial charge in [-0.1, -0.05) is 54.6 Å². The third kappa shape index (κ3) is 4.61. The molecule has 1 heterocycles. The molecule has 30 heavy (non-hydrogen) atoms. The van der Waals surface area contributed by atoms with E-state index in [1.54, 1.807) is 24.3 Å². The molecule has 4 nitrogen and oxygen atoms in total. The molecular weight excluding hydrogens is 372 g/mol. The molecule has 0 aliphatic heterocycles. The minimum absolute atomic E-state index is 0.205. The van der Waals surface area contributed by atoms with E-state index >= 15 is 0 Å². The third-order valence-corrected chi connectivity index (χ3v) is 5.10. The SMILES string of the molecule is CN(CCc1ccccc1)c1cc(-c2cccc(O)c2)cc(-c2cccc(O)c2)n1. The van der Waals surface area contributed by atoms with Crippen LogP contribution in [0.1, 0.15) is 5.56 Å². The molecular formula is C26H24N2O2. The second-order valence-corrected chi connectivity index (χ2v) is 7.36. The van der Waals surface area contributed by atoms with Gasteiger partial charge in [-0.05, 0) is 59.5 Å². The summed E-state index contributed by atoms with van der Waals surface area (Å²) in [6.45, 7) is 0.819. The van der Waals surface area contributed by atoms with E-state index in [2.05, 4.69) is 29.2 Å².